The summed E-state index contributed by atoms with van der Waals surface area (Å²) in [7, 11) is 2.67. The van der Waals surface area contributed by atoms with Crippen LogP contribution in [0.4, 0.5) is 0 Å². The van der Waals surface area contributed by atoms with Crippen LogP contribution in [0.25, 0.3) is 0 Å². The van der Waals surface area contributed by atoms with E-state index in [0.717, 1.165) is 0 Å². The van der Waals surface area contributed by atoms with Crippen LogP contribution < -0.4 is 0 Å². The summed E-state index contributed by atoms with van der Waals surface area (Å²) in [5, 5.41) is 0. The molecular weight excluding hydrogens is 220 g/mol. The molecule has 0 aliphatic heterocycles. The van der Waals surface area contributed by atoms with Crippen LogP contribution in [0.5, 0.6) is 0 Å². The fourth-order valence-electron chi connectivity index (χ4n) is 2.22. The number of hydrogen-bond donors (Lipinski definition) is 0. The Morgan fingerprint density at radius 3 is 1.57 bits per heavy atom. The Labute approximate surface area is 95.4 Å². The third kappa shape index (κ3) is 4.39. The van der Waals surface area contributed by atoms with E-state index in [1.807, 2.05) is 0 Å². The third-order valence-electron chi connectivity index (χ3n) is 2.68. The van der Waals surface area contributed by atoms with Crippen LogP contribution in [0, 0.1) is 0 Å². The molecule has 14 heavy (non-hydrogen) atoms. The third-order valence-corrected chi connectivity index (χ3v) is 17.3. The molecule has 0 spiro atoms. The summed E-state index contributed by atoms with van der Waals surface area (Å²) in [4.78, 5) is 0. The van der Waals surface area contributed by atoms with Crippen LogP contribution in [0.1, 0.15) is 13.3 Å². The van der Waals surface area contributed by atoms with E-state index in [2.05, 4.69) is 55.7 Å². The van der Waals surface area contributed by atoms with Crippen molar-refractivity contribution in [2.45, 2.75) is 45.6 Å². The van der Waals surface area contributed by atoms with Crippen molar-refractivity contribution in [3.63, 3.8) is 0 Å². The standard InChI is InChI=1S/C9H28N2Si3/c1-8-9-14(10(2)3)11(12(4)5)13(6)7/h12-14H,8-9H2,1-7H3. The van der Waals surface area contributed by atoms with Crippen LogP contribution in [0.3, 0.4) is 0 Å². The van der Waals surface area contributed by atoms with Gasteiger partial charge in [0.25, 0.3) is 0 Å². The highest BCUT2D eigenvalue weighted by Crippen LogP contribution is 2.11. The highest BCUT2D eigenvalue weighted by Gasteiger charge is 2.26. The number of rotatable bonds is 6. The van der Waals surface area contributed by atoms with Crippen molar-refractivity contribution >= 4 is 27.0 Å². The summed E-state index contributed by atoms with van der Waals surface area (Å²) >= 11 is 0. The lowest BCUT2D eigenvalue weighted by Crippen LogP contribution is -2.58. The minimum absolute atomic E-state index is 0.574. The molecule has 0 radical (unpaired) electrons. The molecule has 1 atom stereocenters. The Kier molecular flexibility index (Phi) is 7.23. The fourth-order valence-corrected chi connectivity index (χ4v) is 16.9. The van der Waals surface area contributed by atoms with E-state index in [-0.39, 0.29) is 0 Å². The lowest BCUT2D eigenvalue weighted by molar-refractivity contribution is 0.595. The van der Waals surface area contributed by atoms with Crippen molar-refractivity contribution in [3.8, 4) is 0 Å². The zero-order valence-corrected chi connectivity index (χ0v) is 14.5. The van der Waals surface area contributed by atoms with Crippen LogP contribution in [0.15, 0.2) is 0 Å². The average Bonchev–Trinajstić information content (AvgIpc) is 2.01. The lowest BCUT2D eigenvalue weighted by atomic mass is 10.6. The molecule has 0 saturated heterocycles. The zero-order chi connectivity index (χ0) is 11.3. The fraction of sp³-hybridized carbons (Fsp3) is 1.00. The molecule has 0 aromatic carbocycles. The first-order valence-corrected chi connectivity index (χ1v) is 13.4. The van der Waals surface area contributed by atoms with Crippen LogP contribution in [-0.4, -0.2) is 49.6 Å². The van der Waals surface area contributed by atoms with Crippen molar-refractivity contribution in [2.75, 3.05) is 14.1 Å². The van der Waals surface area contributed by atoms with Crippen molar-refractivity contribution < 1.29 is 0 Å². The van der Waals surface area contributed by atoms with E-state index in [9.17, 15) is 0 Å². The highest BCUT2D eigenvalue weighted by atomic mass is 28.4. The quantitative estimate of drug-likeness (QED) is 0.657. The molecule has 0 rings (SSSR count). The second-order valence-corrected chi connectivity index (χ2v) is 15.4. The molecule has 0 aromatic rings. The van der Waals surface area contributed by atoms with E-state index in [0.29, 0.717) is 0 Å². The highest BCUT2D eigenvalue weighted by molar-refractivity contribution is 6.84. The van der Waals surface area contributed by atoms with Gasteiger partial charge in [0.1, 0.15) is 0 Å². The summed E-state index contributed by atoms with van der Waals surface area (Å²) in [6, 6.07) is 1.46. The van der Waals surface area contributed by atoms with Crippen LogP contribution >= 0.6 is 0 Å². The molecule has 0 N–H and O–H groups in total. The van der Waals surface area contributed by atoms with Gasteiger partial charge in [-0.3, -0.25) is 0 Å². The van der Waals surface area contributed by atoms with E-state index >= 15 is 0 Å². The normalized spacial score (nSPS) is 14.8. The first-order valence-electron chi connectivity index (χ1n) is 5.85. The molecule has 0 amide bonds. The first-order chi connectivity index (χ1) is 6.41. The monoisotopic (exact) mass is 248 g/mol. The second kappa shape index (κ2) is 6.95. The zero-order valence-electron chi connectivity index (χ0n) is 11.0. The maximum Gasteiger partial charge on any atom is 0.175 e. The predicted octanol–water partition coefficient (Wildman–Crippen LogP) is 1.45. The van der Waals surface area contributed by atoms with Gasteiger partial charge in [-0.15, -0.1) is 0 Å². The van der Waals surface area contributed by atoms with Gasteiger partial charge in [-0.05, 0) is 20.1 Å². The van der Waals surface area contributed by atoms with Crippen LogP contribution in [0.2, 0.25) is 32.2 Å². The molecule has 86 valence electrons. The molecular formula is C9H28N2Si3. The smallest absolute Gasteiger partial charge is 0.175 e. The van der Waals surface area contributed by atoms with Gasteiger partial charge in [-0.2, -0.15) is 0 Å². The van der Waals surface area contributed by atoms with E-state index < -0.39 is 27.0 Å². The van der Waals surface area contributed by atoms with E-state index in [1.54, 1.807) is 0 Å². The Morgan fingerprint density at radius 1 is 0.929 bits per heavy atom. The Bertz CT molecular complexity index is 143. The van der Waals surface area contributed by atoms with Gasteiger partial charge in [0.2, 0.25) is 0 Å². The molecule has 5 heteroatoms. The Morgan fingerprint density at radius 2 is 1.36 bits per heavy atom. The van der Waals surface area contributed by atoms with Gasteiger partial charge < -0.3 is 8.46 Å². The summed E-state index contributed by atoms with van der Waals surface area (Å²) in [5.74, 6) is 0. The van der Waals surface area contributed by atoms with Gasteiger partial charge in [-0.1, -0.05) is 39.5 Å². The van der Waals surface area contributed by atoms with Gasteiger partial charge in [0, 0.05) is 0 Å². The summed E-state index contributed by atoms with van der Waals surface area (Å²) < 4.78 is 5.55. The minimum Gasteiger partial charge on any atom is -0.364 e. The molecule has 0 saturated carbocycles. The maximum absolute atomic E-state index is 3.00. The Balaban J connectivity index is 4.55. The second-order valence-electron chi connectivity index (χ2n) is 4.87. The van der Waals surface area contributed by atoms with E-state index in [1.165, 1.54) is 12.5 Å². The topological polar surface area (TPSA) is 6.48 Å². The molecule has 0 heterocycles. The summed E-state index contributed by atoms with van der Waals surface area (Å²) in [6.07, 6.45) is 1.35. The van der Waals surface area contributed by atoms with Gasteiger partial charge in [-0.25, -0.2) is 0 Å². The number of hydrogen-bond acceptors (Lipinski definition) is 2. The van der Waals surface area contributed by atoms with Crippen molar-refractivity contribution in [3.05, 3.63) is 0 Å². The Hall–Kier alpha value is 0.571. The van der Waals surface area contributed by atoms with Crippen molar-refractivity contribution in [1.82, 2.24) is 8.46 Å². The molecule has 0 bridgehead atoms. The van der Waals surface area contributed by atoms with Gasteiger partial charge in [0.15, 0.2) is 9.12 Å². The van der Waals surface area contributed by atoms with Crippen LogP contribution in [-0.2, 0) is 0 Å². The van der Waals surface area contributed by atoms with Crippen molar-refractivity contribution in [1.29, 1.82) is 0 Å². The SMILES string of the molecule is CCC[SiH](N(C)C)N([SiH](C)C)[SiH](C)C. The minimum atomic E-state index is -0.748. The summed E-state index contributed by atoms with van der Waals surface area (Å²) in [6.45, 7) is 12.3. The molecule has 0 aliphatic rings. The average molecular weight is 249 g/mol. The van der Waals surface area contributed by atoms with E-state index in [4.69, 9.17) is 0 Å². The first kappa shape index (κ1) is 14.6. The molecule has 0 aliphatic carbocycles. The number of nitrogens with zero attached hydrogens (tertiary/aromatic N) is 2. The van der Waals surface area contributed by atoms with Gasteiger partial charge >= 0.3 is 0 Å². The molecule has 2 nitrogen and oxygen atoms in total. The predicted molar refractivity (Wildman–Crippen MR) is 75.5 cm³/mol. The molecule has 0 fully saturated rings. The largest absolute Gasteiger partial charge is 0.364 e. The molecule has 0 aromatic heterocycles. The molecule has 1 unspecified atom stereocenters. The maximum atomic E-state index is 3.00. The van der Waals surface area contributed by atoms with Crippen molar-refractivity contribution in [2.24, 2.45) is 0 Å². The summed E-state index contributed by atoms with van der Waals surface area (Å²) in [5.41, 5.74) is 0. The lowest BCUT2D eigenvalue weighted by Gasteiger charge is -2.40. The van der Waals surface area contributed by atoms with Gasteiger partial charge in [0.05, 0.1) is 17.9 Å².